The van der Waals surface area contributed by atoms with Gasteiger partial charge in [0, 0.05) is 36.3 Å². The van der Waals surface area contributed by atoms with Crippen molar-refractivity contribution < 1.29 is 18.8 Å². The van der Waals surface area contributed by atoms with E-state index in [1.54, 1.807) is 24.1 Å². The topological polar surface area (TPSA) is 97.6 Å². The van der Waals surface area contributed by atoms with Gasteiger partial charge in [-0.25, -0.2) is 0 Å². The lowest BCUT2D eigenvalue weighted by molar-refractivity contribution is -0.128. The number of carbonyl (C=O) groups excluding carboxylic acids is 2. The van der Waals surface area contributed by atoms with Crippen LogP contribution in [-0.4, -0.2) is 47.1 Å². The second-order valence-corrected chi connectivity index (χ2v) is 8.70. The van der Waals surface area contributed by atoms with Crippen LogP contribution in [0.3, 0.4) is 0 Å². The van der Waals surface area contributed by atoms with Crippen molar-refractivity contribution in [3.63, 3.8) is 0 Å². The van der Waals surface area contributed by atoms with Gasteiger partial charge in [-0.05, 0) is 54.4 Å². The molecule has 0 radical (unpaired) electrons. The molecule has 0 saturated carbocycles. The van der Waals surface area contributed by atoms with Crippen LogP contribution >= 0.6 is 0 Å². The van der Waals surface area contributed by atoms with Crippen molar-refractivity contribution in [3.05, 3.63) is 84.4 Å². The molecule has 0 unspecified atom stereocenters. The van der Waals surface area contributed by atoms with Crippen molar-refractivity contribution in [2.75, 3.05) is 25.5 Å². The van der Waals surface area contributed by atoms with Crippen molar-refractivity contribution >= 4 is 17.5 Å². The smallest absolute Gasteiger partial charge is 0.258 e. The largest absolute Gasteiger partial charge is 0.497 e. The number of benzene rings is 3. The first-order valence-corrected chi connectivity index (χ1v) is 11.8. The molecule has 2 amide bonds. The minimum absolute atomic E-state index is 0.0109. The van der Waals surface area contributed by atoms with Gasteiger partial charge in [-0.3, -0.25) is 9.59 Å². The van der Waals surface area contributed by atoms with Gasteiger partial charge in [0.2, 0.25) is 17.6 Å². The maximum atomic E-state index is 12.9. The SMILES string of the molecule is COc1ccc(-c2noc(-c3cccc(NC(=O)[C@H]4CC(=O)N(CCc5ccccc5)C4)c3)n2)cc1. The number of hydrogen-bond donors (Lipinski definition) is 1. The molecule has 1 atom stereocenters. The molecule has 182 valence electrons. The van der Waals surface area contributed by atoms with E-state index in [9.17, 15) is 9.59 Å². The number of ether oxygens (including phenoxy) is 1. The van der Waals surface area contributed by atoms with E-state index in [1.807, 2.05) is 66.7 Å². The summed E-state index contributed by atoms with van der Waals surface area (Å²) in [4.78, 5) is 31.6. The monoisotopic (exact) mass is 482 g/mol. The van der Waals surface area contributed by atoms with E-state index in [-0.39, 0.29) is 24.2 Å². The van der Waals surface area contributed by atoms with Crippen LogP contribution in [0.25, 0.3) is 22.8 Å². The third-order valence-electron chi connectivity index (χ3n) is 6.25. The van der Waals surface area contributed by atoms with E-state index in [2.05, 4.69) is 15.5 Å². The average molecular weight is 483 g/mol. The molecule has 1 aliphatic rings. The van der Waals surface area contributed by atoms with Crippen molar-refractivity contribution in [1.29, 1.82) is 0 Å². The Bertz CT molecular complexity index is 1350. The molecule has 0 aliphatic carbocycles. The van der Waals surface area contributed by atoms with Crippen molar-refractivity contribution in [2.45, 2.75) is 12.8 Å². The molecule has 1 N–H and O–H groups in total. The van der Waals surface area contributed by atoms with E-state index in [1.165, 1.54) is 5.56 Å². The first kappa shape index (κ1) is 23.3. The Morgan fingerprint density at radius 2 is 1.86 bits per heavy atom. The predicted octanol–water partition coefficient (Wildman–Crippen LogP) is 4.44. The van der Waals surface area contributed by atoms with Gasteiger partial charge in [0.15, 0.2) is 0 Å². The van der Waals surface area contributed by atoms with Crippen LogP contribution in [0.15, 0.2) is 83.4 Å². The van der Waals surface area contributed by atoms with Crippen molar-refractivity contribution in [2.24, 2.45) is 5.92 Å². The molecule has 8 heteroatoms. The Hall–Kier alpha value is -4.46. The molecule has 4 aromatic rings. The van der Waals surface area contributed by atoms with Crippen LogP contribution in [0, 0.1) is 5.92 Å². The summed E-state index contributed by atoms with van der Waals surface area (Å²) in [5, 5.41) is 7.01. The van der Waals surface area contributed by atoms with Gasteiger partial charge in [-0.15, -0.1) is 0 Å². The Morgan fingerprint density at radius 3 is 2.64 bits per heavy atom. The van der Waals surface area contributed by atoms with Gasteiger partial charge >= 0.3 is 0 Å². The molecule has 3 aromatic carbocycles. The first-order valence-electron chi connectivity index (χ1n) is 11.8. The third-order valence-corrected chi connectivity index (χ3v) is 6.25. The summed E-state index contributed by atoms with van der Waals surface area (Å²) < 4.78 is 10.6. The zero-order chi connectivity index (χ0) is 24.9. The van der Waals surface area contributed by atoms with Crippen LogP contribution in [-0.2, 0) is 16.0 Å². The lowest BCUT2D eigenvalue weighted by Crippen LogP contribution is -2.30. The number of methoxy groups -OCH3 is 1. The van der Waals surface area contributed by atoms with Gasteiger partial charge in [-0.1, -0.05) is 41.6 Å². The Kier molecular flexibility index (Phi) is 6.75. The highest BCUT2D eigenvalue weighted by Gasteiger charge is 2.34. The van der Waals surface area contributed by atoms with Crippen LogP contribution in [0.2, 0.25) is 0 Å². The minimum Gasteiger partial charge on any atom is -0.497 e. The first-order chi connectivity index (χ1) is 17.6. The molecule has 36 heavy (non-hydrogen) atoms. The summed E-state index contributed by atoms with van der Waals surface area (Å²) in [7, 11) is 1.61. The van der Waals surface area contributed by atoms with Crippen LogP contribution < -0.4 is 10.1 Å². The highest BCUT2D eigenvalue weighted by molar-refractivity contribution is 5.97. The molecule has 0 spiro atoms. The number of nitrogens with one attached hydrogen (secondary N) is 1. The van der Waals surface area contributed by atoms with Gasteiger partial charge < -0.3 is 19.5 Å². The Labute approximate surface area is 208 Å². The number of hydrogen-bond acceptors (Lipinski definition) is 6. The second kappa shape index (κ2) is 10.4. The maximum absolute atomic E-state index is 12.9. The number of likely N-dealkylation sites (tertiary alicyclic amines) is 1. The summed E-state index contributed by atoms with van der Waals surface area (Å²) >= 11 is 0. The molecule has 1 fully saturated rings. The Balaban J connectivity index is 1.21. The summed E-state index contributed by atoms with van der Waals surface area (Å²) in [6, 6.07) is 24.6. The molecule has 8 nitrogen and oxygen atoms in total. The molecule has 1 aromatic heterocycles. The number of rotatable bonds is 8. The fourth-order valence-corrected chi connectivity index (χ4v) is 4.24. The molecular weight excluding hydrogens is 456 g/mol. The van der Waals surface area contributed by atoms with E-state index in [0.29, 0.717) is 36.1 Å². The van der Waals surface area contributed by atoms with Gasteiger partial charge in [0.1, 0.15) is 5.75 Å². The lowest BCUT2D eigenvalue weighted by Gasteiger charge is -2.16. The normalized spacial score (nSPS) is 15.2. The average Bonchev–Trinajstić information content (AvgIpc) is 3.56. The van der Waals surface area contributed by atoms with Gasteiger partial charge in [0.25, 0.3) is 5.89 Å². The highest BCUT2D eigenvalue weighted by atomic mass is 16.5. The quantitative estimate of drug-likeness (QED) is 0.399. The summed E-state index contributed by atoms with van der Waals surface area (Å²) in [6.45, 7) is 1.03. The second-order valence-electron chi connectivity index (χ2n) is 8.70. The zero-order valence-corrected chi connectivity index (χ0v) is 19.9. The molecule has 5 rings (SSSR count). The highest BCUT2D eigenvalue weighted by Crippen LogP contribution is 2.26. The fraction of sp³-hybridized carbons (Fsp3) is 0.214. The van der Waals surface area contributed by atoms with Crippen LogP contribution in [0.1, 0.15) is 12.0 Å². The number of carbonyl (C=O) groups is 2. The number of nitrogens with zero attached hydrogens (tertiary/aromatic N) is 3. The number of aromatic nitrogens is 2. The summed E-state index contributed by atoms with van der Waals surface area (Å²) in [5.41, 5.74) is 3.27. The summed E-state index contributed by atoms with van der Waals surface area (Å²) in [5.74, 6) is 1.00. The lowest BCUT2D eigenvalue weighted by atomic mass is 10.1. The van der Waals surface area contributed by atoms with E-state index in [0.717, 1.165) is 17.7 Å². The maximum Gasteiger partial charge on any atom is 0.258 e. The molecule has 1 saturated heterocycles. The number of amides is 2. The van der Waals surface area contributed by atoms with E-state index in [4.69, 9.17) is 9.26 Å². The summed E-state index contributed by atoms with van der Waals surface area (Å²) in [6.07, 6.45) is 0.987. The number of anilines is 1. The molecule has 1 aliphatic heterocycles. The third kappa shape index (κ3) is 5.27. The van der Waals surface area contributed by atoms with E-state index < -0.39 is 0 Å². The predicted molar refractivity (Wildman–Crippen MR) is 135 cm³/mol. The Morgan fingerprint density at radius 1 is 1.06 bits per heavy atom. The van der Waals surface area contributed by atoms with Gasteiger partial charge in [0.05, 0.1) is 13.0 Å². The van der Waals surface area contributed by atoms with Crippen molar-refractivity contribution in [1.82, 2.24) is 15.0 Å². The standard InChI is InChI=1S/C28H26N4O4/c1-35-24-12-10-20(11-13-24)26-30-28(36-31-26)21-8-5-9-23(16-21)29-27(34)22-17-25(33)32(18-22)15-14-19-6-3-2-4-7-19/h2-13,16,22H,14-15,17-18H2,1H3,(H,29,34)/t22-/m0/s1. The van der Waals surface area contributed by atoms with E-state index >= 15 is 0 Å². The van der Waals surface area contributed by atoms with Crippen LogP contribution in [0.5, 0.6) is 5.75 Å². The van der Waals surface area contributed by atoms with Gasteiger partial charge in [-0.2, -0.15) is 4.98 Å². The van der Waals surface area contributed by atoms with Crippen molar-refractivity contribution in [3.8, 4) is 28.6 Å². The molecular formula is C28H26N4O4. The minimum atomic E-state index is -0.387. The fourth-order valence-electron chi connectivity index (χ4n) is 4.24. The zero-order valence-electron chi connectivity index (χ0n) is 19.9. The molecule has 2 heterocycles. The molecule has 0 bridgehead atoms. The van der Waals surface area contributed by atoms with Crippen LogP contribution in [0.4, 0.5) is 5.69 Å².